The molecule has 8 heteroatoms. The highest BCUT2D eigenvalue weighted by atomic mass is 16.6. The molecule has 5 rings (SSSR count). The van der Waals surface area contributed by atoms with Gasteiger partial charge in [-0.25, -0.2) is 4.79 Å². The molecular weight excluding hydrogens is 410 g/mol. The van der Waals surface area contributed by atoms with Gasteiger partial charge in [-0.2, -0.15) is 0 Å². The quantitative estimate of drug-likeness (QED) is 0.495. The summed E-state index contributed by atoms with van der Waals surface area (Å²) in [5.41, 5.74) is 1.49. The topological polar surface area (TPSA) is 96.8 Å². The number of fused-ring (bicyclic) bond motifs is 2. The molecule has 0 fully saturated rings. The molecule has 32 heavy (non-hydrogen) atoms. The number of rotatable bonds is 5. The summed E-state index contributed by atoms with van der Waals surface area (Å²) in [7, 11) is 0. The SMILES string of the molecule is O=C(Nc1ccccc1)N(Cc1ccco1)Cc1cc2cc3c(cc2[nH]c1=O)OCCO3. The summed E-state index contributed by atoms with van der Waals surface area (Å²) in [6, 6.07) is 17.7. The number of benzene rings is 2. The van der Waals surface area contributed by atoms with E-state index in [2.05, 4.69) is 10.3 Å². The number of pyridine rings is 1. The number of carbonyl (C=O) groups is 1. The van der Waals surface area contributed by atoms with Crippen LogP contribution in [0.3, 0.4) is 0 Å². The average Bonchev–Trinajstić information content (AvgIpc) is 3.32. The molecule has 0 atom stereocenters. The second-order valence-electron chi connectivity index (χ2n) is 7.44. The van der Waals surface area contributed by atoms with Crippen molar-refractivity contribution in [3.63, 3.8) is 0 Å². The number of H-pyrrole nitrogens is 1. The Hall–Kier alpha value is -4.20. The maximum atomic E-state index is 13.0. The highest BCUT2D eigenvalue weighted by molar-refractivity contribution is 5.89. The zero-order chi connectivity index (χ0) is 21.9. The number of nitrogens with one attached hydrogen (secondary N) is 2. The summed E-state index contributed by atoms with van der Waals surface area (Å²) in [4.78, 5) is 30.3. The van der Waals surface area contributed by atoms with Crippen LogP contribution in [0.2, 0.25) is 0 Å². The van der Waals surface area contributed by atoms with Crippen LogP contribution in [-0.4, -0.2) is 29.1 Å². The Balaban J connectivity index is 1.45. The van der Waals surface area contributed by atoms with E-state index in [1.807, 2.05) is 24.3 Å². The predicted molar refractivity (Wildman–Crippen MR) is 119 cm³/mol. The maximum absolute atomic E-state index is 13.0. The number of aromatic nitrogens is 1. The molecule has 0 aliphatic carbocycles. The second-order valence-corrected chi connectivity index (χ2v) is 7.44. The Morgan fingerprint density at radius 3 is 2.50 bits per heavy atom. The van der Waals surface area contributed by atoms with Gasteiger partial charge in [0, 0.05) is 22.7 Å². The van der Waals surface area contributed by atoms with Crippen LogP contribution in [0.1, 0.15) is 11.3 Å². The molecule has 3 heterocycles. The monoisotopic (exact) mass is 431 g/mol. The summed E-state index contributed by atoms with van der Waals surface area (Å²) < 4.78 is 16.7. The average molecular weight is 431 g/mol. The van der Waals surface area contributed by atoms with Crippen molar-refractivity contribution in [1.29, 1.82) is 0 Å². The molecule has 2 amide bonds. The molecule has 2 aromatic carbocycles. The van der Waals surface area contributed by atoms with Crippen molar-refractivity contribution in [2.24, 2.45) is 0 Å². The number of anilines is 1. The molecule has 162 valence electrons. The van der Waals surface area contributed by atoms with E-state index < -0.39 is 0 Å². The molecule has 0 unspecified atom stereocenters. The van der Waals surface area contributed by atoms with Crippen LogP contribution < -0.4 is 20.3 Å². The molecule has 8 nitrogen and oxygen atoms in total. The van der Waals surface area contributed by atoms with Crippen LogP contribution in [0.25, 0.3) is 10.9 Å². The lowest BCUT2D eigenvalue weighted by Gasteiger charge is -2.22. The summed E-state index contributed by atoms with van der Waals surface area (Å²) in [6.45, 7) is 1.26. The molecule has 0 radical (unpaired) electrons. The van der Waals surface area contributed by atoms with E-state index in [0.717, 1.165) is 5.39 Å². The number of aromatic amines is 1. The van der Waals surface area contributed by atoms with E-state index in [0.29, 0.717) is 47.2 Å². The fourth-order valence-electron chi connectivity index (χ4n) is 3.63. The summed E-state index contributed by atoms with van der Waals surface area (Å²) in [5, 5.41) is 3.67. The first-order valence-electron chi connectivity index (χ1n) is 10.2. The van der Waals surface area contributed by atoms with E-state index in [-0.39, 0.29) is 24.7 Å². The number of urea groups is 1. The fraction of sp³-hybridized carbons (Fsp3) is 0.167. The number of amides is 2. The normalized spacial score (nSPS) is 12.5. The van der Waals surface area contributed by atoms with Crippen molar-refractivity contribution in [2.45, 2.75) is 13.1 Å². The van der Waals surface area contributed by atoms with Gasteiger partial charge in [0.15, 0.2) is 11.5 Å². The minimum Gasteiger partial charge on any atom is -0.486 e. The van der Waals surface area contributed by atoms with Crippen LogP contribution in [0.4, 0.5) is 10.5 Å². The smallest absolute Gasteiger partial charge is 0.322 e. The highest BCUT2D eigenvalue weighted by Gasteiger charge is 2.19. The maximum Gasteiger partial charge on any atom is 0.322 e. The molecule has 4 aromatic rings. The third-order valence-corrected chi connectivity index (χ3v) is 5.18. The van der Waals surface area contributed by atoms with Crippen molar-refractivity contribution < 1.29 is 18.7 Å². The van der Waals surface area contributed by atoms with Gasteiger partial charge in [0.05, 0.1) is 24.9 Å². The van der Waals surface area contributed by atoms with Crippen LogP contribution in [-0.2, 0) is 13.1 Å². The first kappa shape index (κ1) is 19.7. The molecule has 2 N–H and O–H groups in total. The van der Waals surface area contributed by atoms with Gasteiger partial charge in [-0.05, 0) is 36.4 Å². The number of carbonyl (C=O) groups excluding carboxylic acids is 1. The zero-order valence-electron chi connectivity index (χ0n) is 17.2. The Kier molecular flexibility index (Phi) is 5.25. The van der Waals surface area contributed by atoms with Gasteiger partial charge in [-0.15, -0.1) is 0 Å². The van der Waals surface area contributed by atoms with Gasteiger partial charge in [0.25, 0.3) is 5.56 Å². The lowest BCUT2D eigenvalue weighted by molar-refractivity contribution is 0.172. The minimum absolute atomic E-state index is 0.0963. The fourth-order valence-corrected chi connectivity index (χ4v) is 3.63. The van der Waals surface area contributed by atoms with E-state index in [1.54, 1.807) is 42.7 Å². The number of nitrogens with zero attached hydrogens (tertiary/aromatic N) is 1. The number of hydrogen-bond acceptors (Lipinski definition) is 5. The largest absolute Gasteiger partial charge is 0.486 e. The molecular formula is C24H21N3O5. The standard InChI is InChI=1S/C24H21N3O5/c28-23-17(11-16-12-21-22(13-20(16)26-23)32-10-9-31-21)14-27(15-19-7-4-8-30-19)24(29)25-18-5-2-1-3-6-18/h1-8,11-13H,9-10,14-15H2,(H,25,29)(H,26,28). The number of furan rings is 1. The summed E-state index contributed by atoms with van der Waals surface area (Å²) >= 11 is 0. The Morgan fingerprint density at radius 1 is 0.969 bits per heavy atom. The van der Waals surface area contributed by atoms with E-state index in [4.69, 9.17) is 13.9 Å². The lowest BCUT2D eigenvalue weighted by Crippen LogP contribution is -2.35. The van der Waals surface area contributed by atoms with E-state index >= 15 is 0 Å². The third-order valence-electron chi connectivity index (χ3n) is 5.18. The van der Waals surface area contributed by atoms with Crippen molar-refractivity contribution in [3.05, 3.63) is 88.6 Å². The van der Waals surface area contributed by atoms with Crippen LogP contribution >= 0.6 is 0 Å². The molecule has 1 aliphatic heterocycles. The molecule has 0 saturated heterocycles. The molecule has 0 bridgehead atoms. The number of para-hydroxylation sites is 1. The Bertz CT molecular complexity index is 1300. The van der Waals surface area contributed by atoms with Gasteiger partial charge < -0.3 is 29.1 Å². The lowest BCUT2D eigenvalue weighted by atomic mass is 10.1. The van der Waals surface area contributed by atoms with Gasteiger partial charge in [0.2, 0.25) is 0 Å². The van der Waals surface area contributed by atoms with Gasteiger partial charge in [0.1, 0.15) is 19.0 Å². The molecule has 1 aliphatic rings. The van der Waals surface area contributed by atoms with Crippen molar-refractivity contribution in [2.75, 3.05) is 18.5 Å². The third kappa shape index (κ3) is 4.15. The van der Waals surface area contributed by atoms with Gasteiger partial charge in [-0.1, -0.05) is 18.2 Å². The molecule has 0 saturated carbocycles. The van der Waals surface area contributed by atoms with Crippen LogP contribution in [0.5, 0.6) is 11.5 Å². The first-order chi connectivity index (χ1) is 15.7. The number of ether oxygens (including phenoxy) is 2. The van der Waals surface area contributed by atoms with Crippen molar-refractivity contribution in [1.82, 2.24) is 9.88 Å². The summed E-state index contributed by atoms with van der Waals surface area (Å²) in [6.07, 6.45) is 1.55. The van der Waals surface area contributed by atoms with Gasteiger partial charge in [-0.3, -0.25) is 4.79 Å². The number of hydrogen-bond donors (Lipinski definition) is 2. The second kappa shape index (κ2) is 8.50. The van der Waals surface area contributed by atoms with Crippen molar-refractivity contribution in [3.8, 4) is 11.5 Å². The summed E-state index contributed by atoms with van der Waals surface area (Å²) in [5.74, 6) is 1.86. The van der Waals surface area contributed by atoms with E-state index in [9.17, 15) is 9.59 Å². The van der Waals surface area contributed by atoms with Crippen LogP contribution in [0, 0.1) is 0 Å². The zero-order valence-corrected chi connectivity index (χ0v) is 17.2. The van der Waals surface area contributed by atoms with E-state index in [1.165, 1.54) is 4.90 Å². The minimum atomic E-state index is -0.339. The van der Waals surface area contributed by atoms with Crippen molar-refractivity contribution >= 4 is 22.6 Å². The van der Waals surface area contributed by atoms with Gasteiger partial charge >= 0.3 is 6.03 Å². The first-order valence-corrected chi connectivity index (χ1v) is 10.2. The molecule has 0 spiro atoms. The highest BCUT2D eigenvalue weighted by Crippen LogP contribution is 2.33. The Labute approximate surface area is 183 Å². The predicted octanol–water partition coefficient (Wildman–Crippen LogP) is 4.13. The molecule has 2 aromatic heterocycles. The van der Waals surface area contributed by atoms with Crippen LogP contribution in [0.15, 0.2) is 76.1 Å². The Morgan fingerprint density at radius 2 is 1.75 bits per heavy atom.